The molecule has 1 saturated heterocycles. The fourth-order valence-electron chi connectivity index (χ4n) is 4.56. The Kier molecular flexibility index (Phi) is 5.98. The minimum atomic E-state index is -0.954. The maximum Gasteiger partial charge on any atom is 0.119 e. The number of piperidine rings is 1. The van der Waals surface area contributed by atoms with Gasteiger partial charge in [0, 0.05) is 6.54 Å². The molecule has 3 aromatic carbocycles. The van der Waals surface area contributed by atoms with Crippen LogP contribution in [0.2, 0.25) is 0 Å². The van der Waals surface area contributed by atoms with E-state index < -0.39 is 5.60 Å². The summed E-state index contributed by atoms with van der Waals surface area (Å²) in [5.74, 6) is 1.09. The van der Waals surface area contributed by atoms with Crippen molar-refractivity contribution < 1.29 is 9.84 Å². The van der Waals surface area contributed by atoms with E-state index in [-0.39, 0.29) is 5.92 Å². The molecule has 3 aromatic rings. The van der Waals surface area contributed by atoms with Crippen molar-refractivity contribution in [3.63, 3.8) is 0 Å². The summed E-state index contributed by atoms with van der Waals surface area (Å²) >= 11 is 0. The summed E-state index contributed by atoms with van der Waals surface area (Å²) in [5.41, 5.74) is 2.28. The number of rotatable bonds is 6. The molecule has 1 heterocycles. The molecule has 1 fully saturated rings. The van der Waals surface area contributed by atoms with E-state index in [9.17, 15) is 5.11 Å². The van der Waals surface area contributed by atoms with Gasteiger partial charge in [-0.15, -0.1) is 0 Å². The van der Waals surface area contributed by atoms with Gasteiger partial charge in [-0.25, -0.2) is 0 Å². The van der Waals surface area contributed by atoms with E-state index in [1.165, 1.54) is 5.56 Å². The highest BCUT2D eigenvalue weighted by atomic mass is 16.5. The van der Waals surface area contributed by atoms with Crippen LogP contribution in [0.15, 0.2) is 84.9 Å². The SMILES string of the molecule is COc1cccc(CN2CCC(C(O)(c3ccccc3)c3ccccc3)CC2)c1. The lowest BCUT2D eigenvalue weighted by molar-refractivity contribution is -0.0152. The summed E-state index contributed by atoms with van der Waals surface area (Å²) in [4.78, 5) is 2.47. The van der Waals surface area contributed by atoms with Crippen molar-refractivity contribution in [3.8, 4) is 5.75 Å². The number of hydrogen-bond acceptors (Lipinski definition) is 3. The van der Waals surface area contributed by atoms with E-state index in [2.05, 4.69) is 41.3 Å². The lowest BCUT2D eigenvalue weighted by atomic mass is 9.72. The van der Waals surface area contributed by atoms with Crippen molar-refractivity contribution in [2.24, 2.45) is 5.92 Å². The van der Waals surface area contributed by atoms with E-state index in [0.717, 1.165) is 49.4 Å². The number of benzene rings is 3. The Morgan fingerprint density at radius 2 is 1.45 bits per heavy atom. The molecule has 1 aliphatic rings. The van der Waals surface area contributed by atoms with Gasteiger partial charge in [-0.2, -0.15) is 0 Å². The number of methoxy groups -OCH3 is 1. The highest BCUT2D eigenvalue weighted by molar-refractivity contribution is 5.37. The Morgan fingerprint density at radius 3 is 2.00 bits per heavy atom. The van der Waals surface area contributed by atoms with E-state index in [0.29, 0.717) is 0 Å². The average Bonchev–Trinajstić information content (AvgIpc) is 2.80. The highest BCUT2D eigenvalue weighted by Gasteiger charge is 2.41. The predicted octanol–water partition coefficient (Wildman–Crippen LogP) is 4.84. The fourth-order valence-corrected chi connectivity index (χ4v) is 4.56. The maximum atomic E-state index is 12.0. The molecule has 3 heteroatoms. The molecule has 1 N–H and O–H groups in total. The van der Waals surface area contributed by atoms with Crippen LogP contribution in [0, 0.1) is 5.92 Å². The van der Waals surface area contributed by atoms with Crippen LogP contribution in [-0.2, 0) is 12.1 Å². The lowest BCUT2D eigenvalue weighted by Gasteiger charge is -2.42. The van der Waals surface area contributed by atoms with Gasteiger partial charge in [0.1, 0.15) is 11.4 Å². The fraction of sp³-hybridized carbons (Fsp3) is 0.308. The Labute approximate surface area is 173 Å². The predicted molar refractivity (Wildman–Crippen MR) is 117 cm³/mol. The van der Waals surface area contributed by atoms with E-state index >= 15 is 0 Å². The third-order valence-corrected chi connectivity index (χ3v) is 6.15. The van der Waals surface area contributed by atoms with Gasteiger partial charge in [-0.1, -0.05) is 72.8 Å². The van der Waals surface area contributed by atoms with Crippen molar-refractivity contribution in [1.82, 2.24) is 4.90 Å². The van der Waals surface area contributed by atoms with Crippen LogP contribution in [0.3, 0.4) is 0 Å². The van der Waals surface area contributed by atoms with Gasteiger partial charge in [0.15, 0.2) is 0 Å². The van der Waals surface area contributed by atoms with Gasteiger partial charge in [0.05, 0.1) is 7.11 Å². The van der Waals surface area contributed by atoms with Crippen LogP contribution in [0.4, 0.5) is 0 Å². The highest BCUT2D eigenvalue weighted by Crippen LogP contribution is 2.42. The van der Waals surface area contributed by atoms with Crippen LogP contribution < -0.4 is 4.74 Å². The van der Waals surface area contributed by atoms with Crippen molar-refractivity contribution >= 4 is 0 Å². The summed E-state index contributed by atoms with van der Waals surface area (Å²) in [7, 11) is 1.71. The molecule has 150 valence electrons. The minimum absolute atomic E-state index is 0.189. The van der Waals surface area contributed by atoms with Crippen molar-refractivity contribution in [2.75, 3.05) is 20.2 Å². The monoisotopic (exact) mass is 387 g/mol. The molecule has 0 spiro atoms. The third-order valence-electron chi connectivity index (χ3n) is 6.15. The van der Waals surface area contributed by atoms with Crippen LogP contribution in [0.25, 0.3) is 0 Å². The van der Waals surface area contributed by atoms with Gasteiger partial charge in [-0.3, -0.25) is 4.90 Å². The molecular weight excluding hydrogens is 358 g/mol. The van der Waals surface area contributed by atoms with Gasteiger partial charge in [0.2, 0.25) is 0 Å². The second-order valence-corrected chi connectivity index (χ2v) is 7.90. The van der Waals surface area contributed by atoms with E-state index in [4.69, 9.17) is 4.74 Å². The number of aliphatic hydroxyl groups is 1. The number of likely N-dealkylation sites (tertiary alicyclic amines) is 1. The normalized spacial score (nSPS) is 15.9. The van der Waals surface area contributed by atoms with Crippen LogP contribution in [0.5, 0.6) is 5.75 Å². The van der Waals surface area contributed by atoms with Crippen LogP contribution in [-0.4, -0.2) is 30.2 Å². The number of hydrogen-bond donors (Lipinski definition) is 1. The Hall–Kier alpha value is -2.62. The van der Waals surface area contributed by atoms with Crippen molar-refractivity contribution in [2.45, 2.75) is 25.0 Å². The molecule has 0 radical (unpaired) electrons. The van der Waals surface area contributed by atoms with Gasteiger partial charge in [0.25, 0.3) is 0 Å². The molecular formula is C26H29NO2. The van der Waals surface area contributed by atoms with E-state index in [1.54, 1.807) is 7.11 Å². The molecule has 0 aromatic heterocycles. The molecule has 1 aliphatic heterocycles. The first-order valence-corrected chi connectivity index (χ1v) is 10.4. The first-order valence-electron chi connectivity index (χ1n) is 10.4. The van der Waals surface area contributed by atoms with Gasteiger partial charge in [-0.05, 0) is 60.7 Å². The first-order chi connectivity index (χ1) is 14.2. The first kappa shape index (κ1) is 19.7. The summed E-state index contributed by atoms with van der Waals surface area (Å²) < 4.78 is 5.35. The zero-order chi connectivity index (χ0) is 20.1. The zero-order valence-electron chi connectivity index (χ0n) is 17.0. The number of ether oxygens (including phenoxy) is 1. The molecule has 0 amide bonds. The molecule has 0 unspecified atom stereocenters. The smallest absolute Gasteiger partial charge is 0.119 e. The van der Waals surface area contributed by atoms with Gasteiger partial charge < -0.3 is 9.84 Å². The largest absolute Gasteiger partial charge is 0.497 e. The van der Waals surface area contributed by atoms with E-state index in [1.807, 2.05) is 48.5 Å². The van der Waals surface area contributed by atoms with Crippen LogP contribution >= 0.6 is 0 Å². The molecule has 0 bridgehead atoms. The summed E-state index contributed by atoms with van der Waals surface area (Å²) in [6, 6.07) is 28.6. The maximum absolute atomic E-state index is 12.0. The summed E-state index contributed by atoms with van der Waals surface area (Å²) in [5, 5.41) is 12.0. The molecule has 29 heavy (non-hydrogen) atoms. The molecule has 3 nitrogen and oxygen atoms in total. The topological polar surface area (TPSA) is 32.7 Å². The Morgan fingerprint density at radius 1 is 0.862 bits per heavy atom. The average molecular weight is 388 g/mol. The third kappa shape index (κ3) is 4.21. The molecule has 0 aliphatic carbocycles. The lowest BCUT2D eigenvalue weighted by Crippen LogP contribution is -2.44. The standard InChI is InChI=1S/C26H29NO2/c1-29-25-14-8-9-21(19-25)20-27-17-15-24(16-18-27)26(28,22-10-4-2-5-11-22)23-12-6-3-7-13-23/h2-14,19,24,28H,15-18,20H2,1H3. The minimum Gasteiger partial charge on any atom is -0.497 e. The Balaban J connectivity index is 1.51. The summed E-state index contributed by atoms with van der Waals surface area (Å²) in [6.07, 6.45) is 1.93. The molecule has 0 atom stereocenters. The molecule has 4 rings (SSSR count). The van der Waals surface area contributed by atoms with Crippen molar-refractivity contribution in [1.29, 1.82) is 0 Å². The number of nitrogens with zero attached hydrogens (tertiary/aromatic N) is 1. The second-order valence-electron chi connectivity index (χ2n) is 7.90. The van der Waals surface area contributed by atoms with Crippen LogP contribution in [0.1, 0.15) is 29.5 Å². The zero-order valence-corrected chi connectivity index (χ0v) is 17.0. The quantitative estimate of drug-likeness (QED) is 0.657. The van der Waals surface area contributed by atoms with Crippen molar-refractivity contribution in [3.05, 3.63) is 102 Å². The summed E-state index contributed by atoms with van der Waals surface area (Å²) in [6.45, 7) is 2.87. The van der Waals surface area contributed by atoms with Gasteiger partial charge >= 0.3 is 0 Å². The Bertz CT molecular complexity index is 863. The molecule has 0 saturated carbocycles. The second kappa shape index (κ2) is 8.81.